The normalized spacial score (nSPS) is 14.2. The number of rotatable bonds is 12. The average Bonchev–Trinajstić information content (AvgIpc) is 3.01. The topological polar surface area (TPSA) is 41.3 Å². The maximum Gasteiger partial charge on any atom is 0.0950 e. The fourth-order valence-corrected chi connectivity index (χ4v) is 5.98. The third-order valence-corrected chi connectivity index (χ3v) is 8.28. The molecule has 3 nitrogen and oxygen atoms in total. The zero-order valence-corrected chi connectivity index (χ0v) is 25.3. The third kappa shape index (κ3) is 6.70. The second kappa shape index (κ2) is 13.6. The molecule has 0 aliphatic heterocycles. The van der Waals surface area contributed by atoms with E-state index in [2.05, 4.69) is 160 Å². The molecule has 0 spiro atoms. The van der Waals surface area contributed by atoms with Gasteiger partial charge in [0.25, 0.3) is 0 Å². The molecule has 0 radical (unpaired) electrons. The van der Waals surface area contributed by atoms with Crippen LogP contribution in [0.1, 0.15) is 55.0 Å². The molecule has 0 aromatic heterocycles. The molecule has 3 heteroatoms. The first-order valence-electron chi connectivity index (χ1n) is 14.6. The van der Waals surface area contributed by atoms with Gasteiger partial charge in [-0.15, -0.1) is 0 Å². The molecule has 0 amide bonds. The summed E-state index contributed by atoms with van der Waals surface area (Å²) in [6, 6.07) is 41.2. The summed E-state index contributed by atoms with van der Waals surface area (Å²) in [4.78, 5) is 2.28. The van der Waals surface area contributed by atoms with Gasteiger partial charge < -0.3 is 10.6 Å². The van der Waals surface area contributed by atoms with Crippen LogP contribution in [0.15, 0.2) is 133 Å². The molecule has 4 aromatic rings. The Kier molecular flexibility index (Phi) is 9.99. The largest absolute Gasteiger partial charge is 0.405 e. The highest BCUT2D eigenvalue weighted by atomic mass is 15.1. The summed E-state index contributed by atoms with van der Waals surface area (Å²) in [6.45, 7) is 8.51. The van der Waals surface area contributed by atoms with Crippen LogP contribution < -0.4 is 11.1 Å². The Morgan fingerprint density at radius 1 is 0.756 bits per heavy atom. The van der Waals surface area contributed by atoms with Gasteiger partial charge in [-0.3, -0.25) is 5.32 Å². The molecule has 4 rings (SSSR count). The van der Waals surface area contributed by atoms with Crippen molar-refractivity contribution in [1.29, 1.82) is 0 Å². The van der Waals surface area contributed by atoms with Crippen molar-refractivity contribution >= 4 is 5.57 Å². The van der Waals surface area contributed by atoms with Crippen LogP contribution in [-0.4, -0.2) is 32.1 Å². The highest BCUT2D eigenvalue weighted by molar-refractivity contribution is 5.77. The summed E-state index contributed by atoms with van der Waals surface area (Å²) in [5.74, 6) is 0. The number of hydrogen-bond donors (Lipinski definition) is 2. The molecule has 0 saturated carbocycles. The van der Waals surface area contributed by atoms with Gasteiger partial charge in [-0.2, -0.15) is 0 Å². The zero-order chi connectivity index (χ0) is 29.3. The Hall–Kier alpha value is -3.92. The van der Waals surface area contributed by atoms with Crippen molar-refractivity contribution < 1.29 is 0 Å². The van der Waals surface area contributed by atoms with Crippen LogP contribution >= 0.6 is 0 Å². The van der Waals surface area contributed by atoms with Crippen LogP contribution in [0.3, 0.4) is 0 Å². The smallest absolute Gasteiger partial charge is 0.0950 e. The lowest BCUT2D eigenvalue weighted by Gasteiger charge is -2.37. The van der Waals surface area contributed by atoms with Crippen LogP contribution in [0.25, 0.3) is 5.57 Å². The predicted octanol–water partition coefficient (Wildman–Crippen LogP) is 7.74. The number of allylic oxidation sites excluding steroid dienone is 2. The van der Waals surface area contributed by atoms with Gasteiger partial charge in [-0.1, -0.05) is 135 Å². The Morgan fingerprint density at radius 3 is 1.68 bits per heavy atom. The molecule has 4 aromatic carbocycles. The van der Waals surface area contributed by atoms with Crippen LogP contribution in [0, 0.1) is 0 Å². The van der Waals surface area contributed by atoms with Gasteiger partial charge in [0.15, 0.2) is 0 Å². The minimum absolute atomic E-state index is 0.0618. The number of nitrogens with one attached hydrogen (secondary N) is 1. The highest BCUT2D eigenvalue weighted by Crippen LogP contribution is 2.37. The maximum atomic E-state index is 6.03. The van der Waals surface area contributed by atoms with E-state index in [-0.39, 0.29) is 5.41 Å². The van der Waals surface area contributed by atoms with E-state index in [4.69, 9.17) is 5.73 Å². The van der Waals surface area contributed by atoms with Crippen LogP contribution in [-0.2, 0) is 11.0 Å². The van der Waals surface area contributed by atoms with Crippen molar-refractivity contribution in [3.63, 3.8) is 0 Å². The maximum absolute atomic E-state index is 6.03. The Balaban J connectivity index is 1.81. The molecule has 0 fully saturated rings. The molecule has 3 N–H and O–H groups in total. The zero-order valence-electron chi connectivity index (χ0n) is 25.3. The fourth-order valence-electron chi connectivity index (χ4n) is 5.98. The van der Waals surface area contributed by atoms with Crippen molar-refractivity contribution in [1.82, 2.24) is 10.2 Å². The lowest BCUT2D eigenvalue weighted by molar-refractivity contribution is 0.291. The standard InChI is InChI=1S/C38H45N3/c1-6-37(3,29-41(4)5)35-24-16-17-31(27-35)36(25-26-39)30(2)28-40-38(32-18-10-7-11-19-32,33-20-12-8-13-21-33)34-22-14-9-15-23-34/h7-27,40H,6,28-29,39H2,1-5H3/b26-25-,36-30+. The van der Waals surface area contributed by atoms with E-state index in [1.165, 1.54) is 33.4 Å². The van der Waals surface area contributed by atoms with E-state index in [0.717, 1.165) is 18.5 Å². The minimum atomic E-state index is -0.531. The molecule has 0 aliphatic carbocycles. The summed E-state index contributed by atoms with van der Waals surface area (Å²) in [5, 5.41) is 4.03. The van der Waals surface area contributed by atoms with E-state index in [1.807, 2.05) is 6.08 Å². The Bertz CT molecular complexity index is 1340. The van der Waals surface area contributed by atoms with Crippen LogP contribution in [0.2, 0.25) is 0 Å². The summed E-state index contributed by atoms with van der Waals surface area (Å²) >= 11 is 0. The Morgan fingerprint density at radius 2 is 1.24 bits per heavy atom. The minimum Gasteiger partial charge on any atom is -0.405 e. The van der Waals surface area contributed by atoms with Crippen LogP contribution in [0.5, 0.6) is 0 Å². The number of likely N-dealkylation sites (N-methyl/N-ethyl adjacent to an activating group) is 1. The third-order valence-electron chi connectivity index (χ3n) is 8.28. The fraction of sp³-hybridized carbons (Fsp3) is 0.263. The number of nitrogens with zero attached hydrogens (tertiary/aromatic N) is 1. The first kappa shape index (κ1) is 30.0. The van der Waals surface area contributed by atoms with E-state index < -0.39 is 5.54 Å². The summed E-state index contributed by atoms with van der Waals surface area (Å²) in [5.41, 5.74) is 14.1. The quantitative estimate of drug-likeness (QED) is 0.142. The first-order valence-corrected chi connectivity index (χ1v) is 14.6. The molecular formula is C38H45N3. The summed E-state index contributed by atoms with van der Waals surface area (Å²) < 4.78 is 0. The number of benzene rings is 4. The van der Waals surface area contributed by atoms with Gasteiger partial charge >= 0.3 is 0 Å². The average molecular weight is 544 g/mol. The molecule has 41 heavy (non-hydrogen) atoms. The van der Waals surface area contributed by atoms with E-state index in [1.54, 1.807) is 6.20 Å². The van der Waals surface area contributed by atoms with Gasteiger partial charge in [-0.25, -0.2) is 0 Å². The van der Waals surface area contributed by atoms with Gasteiger partial charge in [0.05, 0.1) is 5.54 Å². The van der Waals surface area contributed by atoms with Crippen molar-refractivity contribution in [3.8, 4) is 0 Å². The van der Waals surface area contributed by atoms with Crippen LogP contribution in [0.4, 0.5) is 0 Å². The molecule has 212 valence electrons. The van der Waals surface area contributed by atoms with Crippen molar-refractivity contribution in [3.05, 3.63) is 161 Å². The Labute approximate surface area is 247 Å². The van der Waals surface area contributed by atoms with Gasteiger partial charge in [-0.05, 0) is 73.1 Å². The second-order valence-corrected chi connectivity index (χ2v) is 11.5. The molecule has 1 unspecified atom stereocenters. The molecule has 0 aliphatic rings. The summed E-state index contributed by atoms with van der Waals surface area (Å²) in [7, 11) is 4.29. The van der Waals surface area contributed by atoms with E-state index in [9.17, 15) is 0 Å². The van der Waals surface area contributed by atoms with E-state index >= 15 is 0 Å². The molecule has 0 bridgehead atoms. The van der Waals surface area contributed by atoms with Gasteiger partial charge in [0, 0.05) is 18.5 Å². The first-order chi connectivity index (χ1) is 19.8. The lowest BCUT2D eigenvalue weighted by atomic mass is 9.76. The van der Waals surface area contributed by atoms with Gasteiger partial charge in [0.1, 0.15) is 0 Å². The molecule has 0 saturated heterocycles. The second-order valence-electron chi connectivity index (χ2n) is 11.5. The summed E-state index contributed by atoms with van der Waals surface area (Å²) in [6.07, 6.45) is 4.76. The van der Waals surface area contributed by atoms with Crippen molar-refractivity contribution in [2.45, 2.75) is 38.1 Å². The number of nitrogens with two attached hydrogens (primary N) is 1. The predicted molar refractivity (Wildman–Crippen MR) is 176 cm³/mol. The SMILES string of the molecule is CCC(C)(CN(C)C)c1cccc(C(/C=C\N)=C(\C)CNC(c2ccccc2)(c2ccccc2)c2ccccc2)c1. The highest BCUT2D eigenvalue weighted by Gasteiger charge is 2.36. The monoisotopic (exact) mass is 543 g/mol. The van der Waals surface area contributed by atoms with Gasteiger partial charge in [0.2, 0.25) is 0 Å². The molecule has 0 heterocycles. The van der Waals surface area contributed by atoms with E-state index in [0.29, 0.717) is 6.54 Å². The van der Waals surface area contributed by atoms with Crippen molar-refractivity contribution in [2.75, 3.05) is 27.2 Å². The molecular weight excluding hydrogens is 498 g/mol. The lowest BCUT2D eigenvalue weighted by Crippen LogP contribution is -2.45. The molecule has 1 atom stereocenters. The van der Waals surface area contributed by atoms with Crippen molar-refractivity contribution in [2.24, 2.45) is 5.73 Å². The number of hydrogen-bond acceptors (Lipinski definition) is 3.